The van der Waals surface area contributed by atoms with Crippen molar-refractivity contribution >= 4 is 29.0 Å². The first-order valence-corrected chi connectivity index (χ1v) is 12.3. The first kappa shape index (κ1) is 22.1. The lowest BCUT2D eigenvalue weighted by atomic mass is 9.76. The number of pyridine rings is 1. The fourth-order valence-electron chi connectivity index (χ4n) is 5.26. The van der Waals surface area contributed by atoms with Crippen LogP contribution in [0.4, 0.5) is 0 Å². The number of nitrogens with zero attached hydrogens (tertiary/aromatic N) is 1. The van der Waals surface area contributed by atoms with Gasteiger partial charge in [0, 0.05) is 34.0 Å². The molecule has 0 radical (unpaired) electrons. The minimum atomic E-state index is -0.586. The summed E-state index contributed by atoms with van der Waals surface area (Å²) >= 11 is 12.7. The quantitative estimate of drug-likeness (QED) is 0.393. The summed E-state index contributed by atoms with van der Waals surface area (Å²) in [7, 11) is 0. The molecule has 5 nitrogen and oxygen atoms in total. The maximum Gasteiger partial charge on any atom is 0.225 e. The topological polar surface area (TPSA) is 57.7 Å². The summed E-state index contributed by atoms with van der Waals surface area (Å²) in [5.74, 6) is -0.112. The summed E-state index contributed by atoms with van der Waals surface area (Å²) in [6, 6.07) is 16.9. The van der Waals surface area contributed by atoms with Crippen molar-refractivity contribution in [2.45, 2.75) is 43.5 Å². The minimum Gasteiger partial charge on any atom is -0.470 e. The molecule has 3 aliphatic rings. The number of ether oxygens (including phenoxy) is 3. The van der Waals surface area contributed by atoms with Crippen LogP contribution in [-0.4, -0.2) is 35.4 Å². The molecule has 1 saturated heterocycles. The van der Waals surface area contributed by atoms with E-state index in [-0.39, 0.29) is 5.78 Å². The first-order chi connectivity index (χ1) is 16.5. The Morgan fingerprint density at radius 1 is 0.824 bits per heavy atom. The number of hydrogen-bond donors (Lipinski definition) is 0. The van der Waals surface area contributed by atoms with Crippen LogP contribution in [0.15, 0.2) is 54.6 Å². The van der Waals surface area contributed by atoms with Gasteiger partial charge in [0.25, 0.3) is 0 Å². The zero-order valence-electron chi connectivity index (χ0n) is 18.5. The van der Waals surface area contributed by atoms with Crippen LogP contribution in [0.25, 0.3) is 22.4 Å². The van der Waals surface area contributed by atoms with Gasteiger partial charge in [-0.25, -0.2) is 4.98 Å². The molecule has 2 aromatic carbocycles. The molecule has 2 fully saturated rings. The van der Waals surface area contributed by atoms with Gasteiger partial charge in [0.05, 0.1) is 30.9 Å². The van der Waals surface area contributed by atoms with Crippen LogP contribution < -0.4 is 4.74 Å². The molecule has 0 unspecified atom stereocenters. The van der Waals surface area contributed by atoms with Crippen LogP contribution >= 0.6 is 23.2 Å². The van der Waals surface area contributed by atoms with Crippen LogP contribution in [0.3, 0.4) is 0 Å². The van der Waals surface area contributed by atoms with Crippen LogP contribution in [0.5, 0.6) is 5.88 Å². The summed E-state index contributed by atoms with van der Waals surface area (Å²) in [5.41, 5.74) is 3.08. The number of halogens is 2. The van der Waals surface area contributed by atoms with E-state index >= 15 is 0 Å². The van der Waals surface area contributed by atoms with Gasteiger partial charge in [0.15, 0.2) is 11.6 Å². The Balaban J connectivity index is 1.43. The number of rotatable bonds is 2. The highest BCUT2D eigenvalue weighted by Gasteiger charge is 2.50. The van der Waals surface area contributed by atoms with E-state index in [1.165, 1.54) is 0 Å². The minimum absolute atomic E-state index is 0.0406. The summed E-state index contributed by atoms with van der Waals surface area (Å²) in [5, 5.41) is 1.22. The molecular formula is C27H23Cl2NO4. The van der Waals surface area contributed by atoms with E-state index in [9.17, 15) is 4.79 Å². The van der Waals surface area contributed by atoms with Crippen molar-refractivity contribution in [2.75, 3.05) is 13.2 Å². The molecule has 1 aliphatic carbocycles. The van der Waals surface area contributed by atoms with Gasteiger partial charge >= 0.3 is 0 Å². The van der Waals surface area contributed by atoms with E-state index in [2.05, 4.69) is 0 Å². The molecule has 3 heterocycles. The molecule has 6 rings (SSSR count). The predicted molar refractivity (Wildman–Crippen MR) is 131 cm³/mol. The average Bonchev–Trinajstić information content (AvgIpc) is 3.30. The summed E-state index contributed by atoms with van der Waals surface area (Å²) in [6.45, 7) is 1.23. The Bertz CT molecular complexity index is 1260. The molecule has 3 aromatic rings. The SMILES string of the molecule is O=C1CC2(CCC3(CC2)OCCO3)Oc2nc(-c3ccccc3Cl)c(-c3ccc(Cl)cc3)cc21. The maximum absolute atomic E-state index is 13.4. The van der Waals surface area contributed by atoms with Crippen LogP contribution in [-0.2, 0) is 9.47 Å². The van der Waals surface area contributed by atoms with Crippen molar-refractivity contribution in [3.05, 3.63) is 70.2 Å². The number of fused-ring (bicyclic) bond motifs is 1. The second kappa shape index (κ2) is 8.35. The first-order valence-electron chi connectivity index (χ1n) is 11.5. The number of Topliss-reactive ketones (excluding diaryl/α,β-unsaturated/α-hetero) is 1. The highest BCUT2D eigenvalue weighted by molar-refractivity contribution is 6.33. The molecular weight excluding hydrogens is 473 g/mol. The fourth-order valence-corrected chi connectivity index (χ4v) is 5.61. The second-order valence-corrected chi connectivity index (χ2v) is 10.1. The van der Waals surface area contributed by atoms with Gasteiger partial charge in [0.2, 0.25) is 5.88 Å². The Morgan fingerprint density at radius 3 is 2.24 bits per heavy atom. The number of aromatic nitrogens is 1. The van der Waals surface area contributed by atoms with Crippen molar-refractivity contribution in [2.24, 2.45) is 0 Å². The van der Waals surface area contributed by atoms with E-state index in [4.69, 9.17) is 42.4 Å². The highest BCUT2D eigenvalue weighted by atomic mass is 35.5. The largest absolute Gasteiger partial charge is 0.470 e. The lowest BCUT2D eigenvalue weighted by Gasteiger charge is -2.45. The van der Waals surface area contributed by atoms with Crippen LogP contribution in [0.2, 0.25) is 10.0 Å². The van der Waals surface area contributed by atoms with Crippen molar-refractivity contribution < 1.29 is 19.0 Å². The Kier molecular flexibility index (Phi) is 5.41. The van der Waals surface area contributed by atoms with E-state index in [0.717, 1.165) is 16.7 Å². The Hall–Kier alpha value is -2.44. The monoisotopic (exact) mass is 495 g/mol. The fraction of sp³-hybridized carbons (Fsp3) is 0.333. The molecule has 1 aromatic heterocycles. The third-order valence-electron chi connectivity index (χ3n) is 7.10. The predicted octanol–water partition coefficient (Wildman–Crippen LogP) is 6.74. The molecule has 0 N–H and O–H groups in total. The standard InChI is InChI=1S/C27H23Cl2NO4/c28-18-7-5-17(6-8-18)20-15-21-23(31)16-26(9-11-27(12-10-26)32-13-14-33-27)34-25(21)30-24(20)19-3-1-2-4-22(19)29/h1-8,15H,9-14,16H2. The summed E-state index contributed by atoms with van der Waals surface area (Å²) < 4.78 is 18.3. The van der Waals surface area contributed by atoms with Crippen LogP contribution in [0.1, 0.15) is 42.5 Å². The number of benzene rings is 2. The molecule has 0 bridgehead atoms. The van der Waals surface area contributed by atoms with Gasteiger partial charge in [-0.15, -0.1) is 0 Å². The average molecular weight is 496 g/mol. The van der Waals surface area contributed by atoms with Gasteiger partial charge in [-0.05, 0) is 42.7 Å². The van der Waals surface area contributed by atoms with Gasteiger partial charge in [-0.2, -0.15) is 0 Å². The van der Waals surface area contributed by atoms with Gasteiger partial charge < -0.3 is 14.2 Å². The zero-order valence-corrected chi connectivity index (χ0v) is 20.0. The lowest BCUT2D eigenvalue weighted by molar-refractivity contribution is -0.199. The molecule has 2 spiro atoms. The molecule has 34 heavy (non-hydrogen) atoms. The van der Waals surface area contributed by atoms with E-state index < -0.39 is 11.4 Å². The lowest BCUT2D eigenvalue weighted by Crippen LogP contribution is -2.50. The summed E-state index contributed by atoms with van der Waals surface area (Å²) in [4.78, 5) is 18.3. The molecule has 174 valence electrons. The number of carbonyl (C=O) groups is 1. The van der Waals surface area contributed by atoms with E-state index in [1.807, 2.05) is 54.6 Å². The van der Waals surface area contributed by atoms with Gasteiger partial charge in [0.1, 0.15) is 5.60 Å². The van der Waals surface area contributed by atoms with E-state index in [0.29, 0.717) is 72.5 Å². The molecule has 7 heteroatoms. The normalized spacial score (nSPS) is 20.4. The number of ketones is 1. The van der Waals surface area contributed by atoms with Gasteiger partial charge in [-0.1, -0.05) is 53.5 Å². The van der Waals surface area contributed by atoms with Crippen molar-refractivity contribution in [3.63, 3.8) is 0 Å². The second-order valence-electron chi connectivity index (χ2n) is 9.22. The van der Waals surface area contributed by atoms with Crippen LogP contribution in [0, 0.1) is 0 Å². The van der Waals surface area contributed by atoms with Crippen molar-refractivity contribution in [1.29, 1.82) is 0 Å². The molecule has 2 aliphatic heterocycles. The van der Waals surface area contributed by atoms with Crippen molar-refractivity contribution in [1.82, 2.24) is 4.98 Å². The van der Waals surface area contributed by atoms with Crippen molar-refractivity contribution in [3.8, 4) is 28.3 Å². The number of hydrogen-bond acceptors (Lipinski definition) is 5. The summed E-state index contributed by atoms with van der Waals surface area (Å²) in [6.07, 6.45) is 3.09. The Labute approximate surface area is 208 Å². The third kappa shape index (κ3) is 3.81. The highest BCUT2D eigenvalue weighted by Crippen LogP contribution is 2.48. The smallest absolute Gasteiger partial charge is 0.225 e. The number of carbonyl (C=O) groups excluding carboxylic acids is 1. The maximum atomic E-state index is 13.4. The van der Waals surface area contributed by atoms with Gasteiger partial charge in [-0.3, -0.25) is 4.79 Å². The Morgan fingerprint density at radius 2 is 1.53 bits per heavy atom. The third-order valence-corrected chi connectivity index (χ3v) is 7.69. The zero-order chi connectivity index (χ0) is 23.3. The molecule has 0 amide bonds. The molecule has 1 saturated carbocycles. The van der Waals surface area contributed by atoms with E-state index in [1.54, 1.807) is 0 Å². The molecule has 0 atom stereocenters.